The highest BCUT2D eigenvalue weighted by Crippen LogP contribution is 2.35. The number of rotatable bonds is 5. The molecular formula is C20H17NOS. The minimum atomic E-state index is 0.0152. The van der Waals surface area contributed by atoms with Gasteiger partial charge in [0, 0.05) is 17.0 Å². The Labute approximate surface area is 140 Å². The summed E-state index contributed by atoms with van der Waals surface area (Å²) in [6.45, 7) is 2.13. The van der Waals surface area contributed by atoms with Crippen molar-refractivity contribution in [2.45, 2.75) is 17.2 Å². The molecule has 0 fully saturated rings. The quantitative estimate of drug-likeness (QED) is 0.480. The zero-order chi connectivity index (χ0) is 16.1. The summed E-state index contributed by atoms with van der Waals surface area (Å²) in [5, 5.41) is 1.01. The number of thioether (sulfide) groups is 1. The maximum absolute atomic E-state index is 12.7. The molecule has 0 aliphatic heterocycles. The van der Waals surface area contributed by atoms with E-state index in [0.717, 1.165) is 5.03 Å². The van der Waals surface area contributed by atoms with Gasteiger partial charge in [-0.15, -0.1) is 0 Å². The number of hydrogen-bond acceptors (Lipinski definition) is 3. The van der Waals surface area contributed by atoms with Crippen molar-refractivity contribution in [2.75, 3.05) is 0 Å². The summed E-state index contributed by atoms with van der Waals surface area (Å²) in [4.78, 5) is 17.2. The second-order valence-electron chi connectivity index (χ2n) is 5.22. The lowest BCUT2D eigenvalue weighted by atomic mass is 10.1. The topological polar surface area (TPSA) is 30.0 Å². The van der Waals surface area contributed by atoms with Gasteiger partial charge in [-0.2, -0.15) is 0 Å². The Kier molecular flexibility index (Phi) is 4.89. The number of benzene rings is 2. The molecule has 3 rings (SSSR count). The van der Waals surface area contributed by atoms with Crippen LogP contribution in [0.3, 0.4) is 0 Å². The SMILES string of the molecule is CC(Sc1ncccc1C(=O)c1ccccc1)c1ccccc1. The Balaban J connectivity index is 1.88. The largest absolute Gasteiger partial charge is 0.289 e. The first-order chi connectivity index (χ1) is 11.3. The van der Waals surface area contributed by atoms with Gasteiger partial charge in [0.05, 0.1) is 5.56 Å². The monoisotopic (exact) mass is 319 g/mol. The number of hydrogen-bond donors (Lipinski definition) is 0. The van der Waals surface area contributed by atoms with Crippen molar-refractivity contribution in [1.82, 2.24) is 4.98 Å². The molecule has 0 radical (unpaired) electrons. The number of nitrogens with zero attached hydrogens (tertiary/aromatic N) is 1. The highest BCUT2D eigenvalue weighted by Gasteiger charge is 2.17. The van der Waals surface area contributed by atoms with Crippen LogP contribution in [-0.4, -0.2) is 10.8 Å². The molecule has 0 N–H and O–H groups in total. The summed E-state index contributed by atoms with van der Waals surface area (Å²) in [7, 11) is 0. The van der Waals surface area contributed by atoms with Gasteiger partial charge >= 0.3 is 0 Å². The van der Waals surface area contributed by atoms with E-state index in [4.69, 9.17) is 0 Å². The average Bonchev–Trinajstić information content (AvgIpc) is 2.63. The van der Waals surface area contributed by atoms with E-state index in [2.05, 4.69) is 24.0 Å². The summed E-state index contributed by atoms with van der Waals surface area (Å²) in [5.41, 5.74) is 2.57. The maximum Gasteiger partial charge on any atom is 0.195 e. The van der Waals surface area contributed by atoms with E-state index in [9.17, 15) is 4.79 Å². The van der Waals surface area contributed by atoms with Gasteiger partial charge in [-0.05, 0) is 24.6 Å². The van der Waals surface area contributed by atoms with Crippen LogP contribution in [0.2, 0.25) is 0 Å². The van der Waals surface area contributed by atoms with Crippen LogP contribution in [0.15, 0.2) is 84.0 Å². The summed E-state index contributed by atoms with van der Waals surface area (Å²) in [6.07, 6.45) is 1.74. The highest BCUT2D eigenvalue weighted by atomic mass is 32.2. The van der Waals surface area contributed by atoms with Crippen molar-refractivity contribution in [3.63, 3.8) is 0 Å². The fourth-order valence-corrected chi connectivity index (χ4v) is 3.40. The lowest BCUT2D eigenvalue weighted by Gasteiger charge is -2.13. The first-order valence-electron chi connectivity index (χ1n) is 7.52. The summed E-state index contributed by atoms with van der Waals surface area (Å²) in [5.74, 6) is 0.0152. The Morgan fingerprint density at radius 3 is 2.26 bits per heavy atom. The van der Waals surface area contributed by atoms with Gasteiger partial charge in [-0.3, -0.25) is 4.79 Å². The van der Waals surface area contributed by atoms with E-state index in [-0.39, 0.29) is 11.0 Å². The minimum absolute atomic E-state index is 0.0152. The Hall–Kier alpha value is -2.39. The predicted octanol–water partition coefficient (Wildman–Crippen LogP) is 5.17. The van der Waals surface area contributed by atoms with E-state index >= 15 is 0 Å². The molecule has 3 heteroatoms. The van der Waals surface area contributed by atoms with Gasteiger partial charge in [0.2, 0.25) is 0 Å². The fourth-order valence-electron chi connectivity index (χ4n) is 2.36. The van der Waals surface area contributed by atoms with Crippen molar-refractivity contribution in [3.8, 4) is 0 Å². The third-order valence-corrected chi connectivity index (χ3v) is 4.78. The first kappa shape index (κ1) is 15.5. The summed E-state index contributed by atoms with van der Waals surface area (Å²) in [6, 6.07) is 23.3. The first-order valence-corrected chi connectivity index (χ1v) is 8.40. The van der Waals surface area contributed by atoms with Gasteiger partial charge in [0.1, 0.15) is 5.03 Å². The van der Waals surface area contributed by atoms with Gasteiger partial charge in [0.25, 0.3) is 0 Å². The Morgan fingerprint density at radius 2 is 1.57 bits per heavy atom. The molecular weight excluding hydrogens is 302 g/mol. The molecule has 1 unspecified atom stereocenters. The van der Waals surface area contributed by atoms with Crippen LogP contribution < -0.4 is 0 Å². The maximum atomic E-state index is 12.7. The van der Waals surface area contributed by atoms with Crippen molar-refractivity contribution >= 4 is 17.5 Å². The molecule has 0 aliphatic rings. The van der Waals surface area contributed by atoms with Crippen LogP contribution in [-0.2, 0) is 0 Å². The molecule has 0 saturated heterocycles. The molecule has 1 aromatic heterocycles. The molecule has 23 heavy (non-hydrogen) atoms. The zero-order valence-corrected chi connectivity index (χ0v) is 13.7. The van der Waals surface area contributed by atoms with Crippen molar-refractivity contribution in [3.05, 3.63) is 95.7 Å². The fraction of sp³-hybridized carbons (Fsp3) is 0.100. The summed E-state index contributed by atoms with van der Waals surface area (Å²) >= 11 is 1.61. The molecule has 0 spiro atoms. The smallest absolute Gasteiger partial charge is 0.195 e. The second-order valence-corrected chi connectivity index (χ2v) is 6.55. The molecule has 0 bridgehead atoms. The lowest BCUT2D eigenvalue weighted by molar-refractivity contribution is 0.103. The van der Waals surface area contributed by atoms with Crippen LogP contribution in [0, 0.1) is 0 Å². The molecule has 0 amide bonds. The molecule has 1 atom stereocenters. The molecule has 0 aliphatic carbocycles. The van der Waals surface area contributed by atoms with Gasteiger partial charge < -0.3 is 0 Å². The second kappa shape index (κ2) is 7.25. The molecule has 3 aromatic rings. The summed E-state index contributed by atoms with van der Waals surface area (Å²) < 4.78 is 0. The van der Waals surface area contributed by atoms with E-state index in [1.165, 1.54) is 5.56 Å². The van der Waals surface area contributed by atoms with E-state index in [0.29, 0.717) is 11.1 Å². The Morgan fingerprint density at radius 1 is 0.913 bits per heavy atom. The minimum Gasteiger partial charge on any atom is -0.289 e. The molecule has 1 heterocycles. The third-order valence-electron chi connectivity index (χ3n) is 3.61. The highest BCUT2D eigenvalue weighted by molar-refractivity contribution is 7.99. The van der Waals surface area contributed by atoms with Crippen molar-refractivity contribution in [2.24, 2.45) is 0 Å². The number of aromatic nitrogens is 1. The number of ketones is 1. The van der Waals surface area contributed by atoms with Crippen LogP contribution in [0.1, 0.15) is 33.7 Å². The van der Waals surface area contributed by atoms with Crippen molar-refractivity contribution in [1.29, 1.82) is 0 Å². The van der Waals surface area contributed by atoms with Gasteiger partial charge in [-0.25, -0.2) is 4.98 Å². The molecule has 2 aromatic carbocycles. The van der Waals surface area contributed by atoms with Crippen LogP contribution in [0.4, 0.5) is 0 Å². The molecule has 0 saturated carbocycles. The predicted molar refractivity (Wildman–Crippen MR) is 94.8 cm³/mol. The van der Waals surface area contributed by atoms with E-state index in [1.807, 2.05) is 60.7 Å². The third kappa shape index (κ3) is 3.69. The zero-order valence-electron chi connectivity index (χ0n) is 12.8. The number of pyridine rings is 1. The number of carbonyl (C=O) groups excluding carboxylic acids is 1. The van der Waals surface area contributed by atoms with Crippen LogP contribution >= 0.6 is 11.8 Å². The van der Waals surface area contributed by atoms with E-state index in [1.54, 1.807) is 18.0 Å². The molecule has 114 valence electrons. The van der Waals surface area contributed by atoms with Crippen LogP contribution in [0.25, 0.3) is 0 Å². The Bertz CT molecular complexity index is 787. The standard InChI is InChI=1S/C20H17NOS/c1-15(16-9-4-2-5-10-16)23-20-18(13-8-14-21-20)19(22)17-11-6-3-7-12-17/h2-15H,1H3. The average molecular weight is 319 g/mol. The van der Waals surface area contributed by atoms with Gasteiger partial charge in [-0.1, -0.05) is 72.4 Å². The lowest BCUT2D eigenvalue weighted by Crippen LogP contribution is -2.04. The van der Waals surface area contributed by atoms with Crippen LogP contribution in [0.5, 0.6) is 0 Å². The van der Waals surface area contributed by atoms with Crippen molar-refractivity contribution < 1.29 is 4.79 Å². The molecule has 2 nitrogen and oxygen atoms in total. The van der Waals surface area contributed by atoms with E-state index < -0.39 is 0 Å². The normalized spacial score (nSPS) is 11.9. The van der Waals surface area contributed by atoms with Gasteiger partial charge in [0.15, 0.2) is 5.78 Å². The number of carbonyl (C=O) groups is 1.